The van der Waals surface area contributed by atoms with Crippen LogP contribution in [0.25, 0.3) is 0 Å². The summed E-state index contributed by atoms with van der Waals surface area (Å²) in [5.41, 5.74) is 2.50. The van der Waals surface area contributed by atoms with Crippen molar-refractivity contribution in [2.45, 2.75) is 25.3 Å². The Bertz CT molecular complexity index is 1180. The van der Waals surface area contributed by atoms with Gasteiger partial charge in [-0.05, 0) is 61.2 Å². The molecule has 4 rings (SSSR count). The summed E-state index contributed by atoms with van der Waals surface area (Å²) in [6, 6.07) is 22.9. The van der Waals surface area contributed by atoms with Gasteiger partial charge in [0.15, 0.2) is 0 Å². The molecule has 34 heavy (non-hydrogen) atoms. The fourth-order valence-electron chi connectivity index (χ4n) is 4.10. The van der Waals surface area contributed by atoms with Crippen LogP contribution in [0.1, 0.15) is 39.1 Å². The maximum absolute atomic E-state index is 13.2. The molecule has 2 N–H and O–H groups in total. The molecule has 1 heterocycles. The minimum absolute atomic E-state index is 0.132. The van der Waals surface area contributed by atoms with Gasteiger partial charge in [0, 0.05) is 34.9 Å². The second-order valence-electron chi connectivity index (χ2n) is 8.23. The number of benzene rings is 3. The molecule has 1 atom stereocenters. The number of likely N-dealkylation sites (tertiary alicyclic amines) is 1. The summed E-state index contributed by atoms with van der Waals surface area (Å²) in [6.07, 6.45) is 2.14. The molecule has 7 heteroatoms. The van der Waals surface area contributed by atoms with Crippen LogP contribution in [-0.2, 0) is 11.2 Å². The number of halogens is 1. The molecule has 1 fully saturated rings. The summed E-state index contributed by atoms with van der Waals surface area (Å²) in [6.45, 7) is 1.04. The first kappa shape index (κ1) is 23.5. The van der Waals surface area contributed by atoms with Gasteiger partial charge in [-0.1, -0.05) is 54.1 Å². The van der Waals surface area contributed by atoms with Crippen molar-refractivity contribution >= 4 is 35.0 Å². The molecule has 1 saturated heterocycles. The fraction of sp³-hybridized carbons (Fsp3) is 0.222. The Morgan fingerprint density at radius 1 is 0.912 bits per heavy atom. The Morgan fingerprint density at radius 2 is 1.68 bits per heavy atom. The molecule has 0 aliphatic carbocycles. The number of carbonyl (C=O) groups is 3. The van der Waals surface area contributed by atoms with Crippen molar-refractivity contribution in [3.63, 3.8) is 0 Å². The van der Waals surface area contributed by atoms with E-state index in [4.69, 9.17) is 11.6 Å². The summed E-state index contributed by atoms with van der Waals surface area (Å²) in [7, 11) is 0. The third-order valence-corrected chi connectivity index (χ3v) is 6.06. The average molecular weight is 476 g/mol. The van der Waals surface area contributed by atoms with Gasteiger partial charge in [-0.3, -0.25) is 14.4 Å². The van der Waals surface area contributed by atoms with Crippen LogP contribution in [0, 0.1) is 0 Å². The lowest BCUT2D eigenvalue weighted by Crippen LogP contribution is -2.46. The van der Waals surface area contributed by atoms with Crippen LogP contribution in [0.4, 0.5) is 5.69 Å². The van der Waals surface area contributed by atoms with E-state index in [0.29, 0.717) is 41.3 Å². The van der Waals surface area contributed by atoms with Crippen molar-refractivity contribution in [1.29, 1.82) is 0 Å². The highest BCUT2D eigenvalue weighted by molar-refractivity contribution is 6.31. The summed E-state index contributed by atoms with van der Waals surface area (Å²) >= 11 is 5.97. The van der Waals surface area contributed by atoms with Crippen molar-refractivity contribution in [3.05, 3.63) is 101 Å². The topological polar surface area (TPSA) is 78.5 Å². The summed E-state index contributed by atoms with van der Waals surface area (Å²) in [5.74, 6) is -0.671. The fourth-order valence-corrected chi connectivity index (χ4v) is 4.29. The summed E-state index contributed by atoms with van der Waals surface area (Å²) in [4.78, 5) is 40.2. The van der Waals surface area contributed by atoms with Crippen LogP contribution in [0.5, 0.6) is 0 Å². The van der Waals surface area contributed by atoms with Gasteiger partial charge in [0.2, 0.25) is 5.91 Å². The highest BCUT2D eigenvalue weighted by Gasteiger charge is 2.34. The summed E-state index contributed by atoms with van der Waals surface area (Å²) < 4.78 is 0. The third-order valence-electron chi connectivity index (χ3n) is 5.83. The van der Waals surface area contributed by atoms with Gasteiger partial charge in [0.05, 0.1) is 0 Å². The second-order valence-corrected chi connectivity index (χ2v) is 8.66. The highest BCUT2D eigenvalue weighted by Crippen LogP contribution is 2.22. The number of nitrogens with zero attached hydrogens (tertiary/aromatic N) is 1. The van der Waals surface area contributed by atoms with E-state index in [1.165, 1.54) is 0 Å². The molecule has 3 amide bonds. The SMILES string of the molecule is O=C(Nc1cccc(C(=O)N2CCCC2C(=O)NCCc2ccccc2)c1)c1cccc(Cl)c1. The number of carbonyl (C=O) groups excluding carboxylic acids is 3. The Kier molecular flexibility index (Phi) is 7.60. The zero-order valence-electron chi connectivity index (χ0n) is 18.7. The molecular weight excluding hydrogens is 450 g/mol. The normalized spacial score (nSPS) is 15.1. The molecule has 1 unspecified atom stereocenters. The average Bonchev–Trinajstić information content (AvgIpc) is 3.34. The molecule has 1 aliphatic heterocycles. The van der Waals surface area contributed by atoms with Crippen LogP contribution < -0.4 is 10.6 Å². The Hall–Kier alpha value is -3.64. The molecule has 1 aliphatic rings. The maximum atomic E-state index is 13.2. The van der Waals surface area contributed by atoms with Crippen molar-refractivity contribution in [2.24, 2.45) is 0 Å². The van der Waals surface area contributed by atoms with Gasteiger partial charge >= 0.3 is 0 Å². The molecule has 0 radical (unpaired) electrons. The Morgan fingerprint density at radius 3 is 2.47 bits per heavy atom. The van der Waals surface area contributed by atoms with Gasteiger partial charge in [-0.25, -0.2) is 0 Å². The number of hydrogen-bond donors (Lipinski definition) is 2. The van der Waals surface area contributed by atoms with E-state index < -0.39 is 6.04 Å². The first-order chi connectivity index (χ1) is 16.5. The monoisotopic (exact) mass is 475 g/mol. The number of nitrogens with one attached hydrogen (secondary N) is 2. The highest BCUT2D eigenvalue weighted by atomic mass is 35.5. The molecule has 3 aromatic rings. The first-order valence-electron chi connectivity index (χ1n) is 11.3. The minimum atomic E-state index is -0.493. The van der Waals surface area contributed by atoms with Crippen molar-refractivity contribution in [2.75, 3.05) is 18.4 Å². The zero-order chi connectivity index (χ0) is 23.9. The lowest BCUT2D eigenvalue weighted by Gasteiger charge is -2.24. The third kappa shape index (κ3) is 5.83. The number of rotatable bonds is 7. The molecule has 0 spiro atoms. The van der Waals surface area contributed by atoms with Crippen molar-refractivity contribution in [3.8, 4) is 0 Å². The Balaban J connectivity index is 1.38. The van der Waals surface area contributed by atoms with E-state index >= 15 is 0 Å². The standard InChI is InChI=1S/C27H26ClN3O3/c28-22-11-4-9-20(17-22)25(32)30-23-12-5-10-21(18-23)27(34)31-16-6-13-24(31)26(33)29-15-14-19-7-2-1-3-8-19/h1-5,7-12,17-18,24H,6,13-16H2,(H,29,33)(H,30,32). The Labute approximate surface area is 203 Å². The zero-order valence-corrected chi connectivity index (χ0v) is 19.4. The minimum Gasteiger partial charge on any atom is -0.354 e. The van der Waals surface area contributed by atoms with Gasteiger partial charge in [0.1, 0.15) is 6.04 Å². The quantitative estimate of drug-likeness (QED) is 0.526. The van der Waals surface area contributed by atoms with Crippen molar-refractivity contribution in [1.82, 2.24) is 10.2 Å². The van der Waals surface area contributed by atoms with Gasteiger partial charge in [-0.15, -0.1) is 0 Å². The van der Waals surface area contributed by atoms with Gasteiger partial charge in [-0.2, -0.15) is 0 Å². The lowest BCUT2D eigenvalue weighted by molar-refractivity contribution is -0.124. The number of anilines is 1. The number of hydrogen-bond acceptors (Lipinski definition) is 3. The maximum Gasteiger partial charge on any atom is 0.255 e. The van der Waals surface area contributed by atoms with Gasteiger partial charge in [0.25, 0.3) is 11.8 Å². The van der Waals surface area contributed by atoms with Crippen LogP contribution in [0.2, 0.25) is 5.02 Å². The predicted molar refractivity (Wildman–Crippen MR) is 133 cm³/mol. The van der Waals surface area contributed by atoms with E-state index in [9.17, 15) is 14.4 Å². The summed E-state index contributed by atoms with van der Waals surface area (Å²) in [5, 5.41) is 6.24. The molecule has 0 bridgehead atoms. The molecule has 6 nitrogen and oxygen atoms in total. The predicted octanol–water partition coefficient (Wildman–Crippen LogP) is 4.56. The van der Waals surface area contributed by atoms with E-state index in [2.05, 4.69) is 10.6 Å². The van der Waals surface area contributed by atoms with Crippen LogP contribution >= 0.6 is 11.6 Å². The van der Waals surface area contributed by atoms with E-state index in [1.54, 1.807) is 53.4 Å². The van der Waals surface area contributed by atoms with E-state index in [0.717, 1.165) is 18.4 Å². The molecule has 3 aromatic carbocycles. The molecule has 0 saturated carbocycles. The molecular formula is C27H26ClN3O3. The smallest absolute Gasteiger partial charge is 0.255 e. The van der Waals surface area contributed by atoms with E-state index in [-0.39, 0.29) is 17.7 Å². The van der Waals surface area contributed by atoms with Crippen molar-refractivity contribution < 1.29 is 14.4 Å². The lowest BCUT2D eigenvalue weighted by atomic mass is 10.1. The first-order valence-corrected chi connectivity index (χ1v) is 11.7. The second kappa shape index (κ2) is 11.0. The largest absolute Gasteiger partial charge is 0.354 e. The van der Waals surface area contributed by atoms with Crippen LogP contribution in [0.3, 0.4) is 0 Å². The molecule has 174 valence electrons. The number of amides is 3. The van der Waals surface area contributed by atoms with E-state index in [1.807, 2.05) is 30.3 Å². The van der Waals surface area contributed by atoms with Crippen LogP contribution in [-0.4, -0.2) is 41.8 Å². The van der Waals surface area contributed by atoms with Gasteiger partial charge < -0.3 is 15.5 Å². The van der Waals surface area contributed by atoms with Crippen LogP contribution in [0.15, 0.2) is 78.9 Å². The molecule has 0 aromatic heterocycles.